The Bertz CT molecular complexity index is 645. The molecule has 0 unspecified atom stereocenters. The van der Waals surface area contributed by atoms with E-state index in [1.807, 2.05) is 0 Å². The maximum Gasteiger partial charge on any atom is 0.261 e. The number of aliphatic hydroxyl groups is 1. The molecule has 1 aliphatic heterocycles. The second kappa shape index (κ2) is 4.86. The number of imide groups is 1. The van der Waals surface area contributed by atoms with Crippen LogP contribution in [-0.2, 0) is 13.2 Å². The molecule has 2 amide bonds. The Balaban J connectivity index is 1.77. The van der Waals surface area contributed by atoms with Crippen molar-refractivity contribution in [2.24, 2.45) is 0 Å². The number of rotatable bonds is 4. The SMILES string of the molecule is O=C1c2ccccc2C(=O)N1CCn1nncc1CO. The molecule has 7 nitrogen and oxygen atoms in total. The normalized spacial score (nSPS) is 13.9. The van der Waals surface area contributed by atoms with Crippen molar-refractivity contribution in [3.8, 4) is 0 Å². The van der Waals surface area contributed by atoms with Gasteiger partial charge in [-0.2, -0.15) is 0 Å². The van der Waals surface area contributed by atoms with Crippen LogP contribution in [0.3, 0.4) is 0 Å². The summed E-state index contributed by atoms with van der Waals surface area (Å²) in [5.74, 6) is -0.590. The molecule has 0 radical (unpaired) electrons. The molecule has 7 heteroatoms. The summed E-state index contributed by atoms with van der Waals surface area (Å²) in [6.45, 7) is 0.319. The first kappa shape index (κ1) is 12.5. The van der Waals surface area contributed by atoms with E-state index in [9.17, 15) is 9.59 Å². The molecule has 2 aromatic rings. The second-order valence-electron chi connectivity index (χ2n) is 4.41. The van der Waals surface area contributed by atoms with Crippen LogP contribution in [0.4, 0.5) is 0 Å². The third kappa shape index (κ3) is 1.88. The van der Waals surface area contributed by atoms with Crippen molar-refractivity contribution < 1.29 is 14.7 Å². The lowest BCUT2D eigenvalue weighted by molar-refractivity contribution is 0.0646. The maximum atomic E-state index is 12.1. The zero-order valence-electron chi connectivity index (χ0n) is 10.6. The first-order valence-electron chi connectivity index (χ1n) is 6.16. The summed E-state index contributed by atoms with van der Waals surface area (Å²) in [7, 11) is 0. The van der Waals surface area contributed by atoms with Gasteiger partial charge in [-0.3, -0.25) is 14.5 Å². The van der Waals surface area contributed by atoms with Gasteiger partial charge < -0.3 is 5.11 Å². The molecule has 3 rings (SSSR count). The van der Waals surface area contributed by atoms with Crippen LogP contribution in [0.5, 0.6) is 0 Å². The highest BCUT2D eigenvalue weighted by atomic mass is 16.3. The number of nitrogens with zero attached hydrogens (tertiary/aromatic N) is 4. The van der Waals surface area contributed by atoms with Crippen LogP contribution in [0.1, 0.15) is 26.4 Å². The summed E-state index contributed by atoms with van der Waals surface area (Å²) in [6, 6.07) is 6.75. The van der Waals surface area contributed by atoms with Gasteiger partial charge in [0.2, 0.25) is 0 Å². The predicted molar refractivity (Wildman–Crippen MR) is 67.8 cm³/mol. The first-order chi connectivity index (χ1) is 9.72. The molecule has 0 spiro atoms. The quantitative estimate of drug-likeness (QED) is 0.795. The number of fused-ring (bicyclic) bond motifs is 1. The minimum absolute atomic E-state index is 0.185. The number of hydrogen-bond acceptors (Lipinski definition) is 5. The van der Waals surface area contributed by atoms with Gasteiger partial charge in [0.25, 0.3) is 11.8 Å². The van der Waals surface area contributed by atoms with Gasteiger partial charge in [0.1, 0.15) is 0 Å². The Morgan fingerprint density at radius 2 is 1.70 bits per heavy atom. The van der Waals surface area contributed by atoms with Gasteiger partial charge in [-0.15, -0.1) is 5.10 Å². The number of hydrogen-bond donors (Lipinski definition) is 1. The number of carbonyl (C=O) groups is 2. The number of benzene rings is 1. The Labute approximate surface area is 114 Å². The van der Waals surface area contributed by atoms with E-state index in [0.29, 0.717) is 23.4 Å². The molecule has 1 aromatic heterocycles. The molecule has 2 heterocycles. The van der Waals surface area contributed by atoms with E-state index >= 15 is 0 Å². The van der Waals surface area contributed by atoms with Gasteiger partial charge in [0.05, 0.1) is 36.2 Å². The van der Waals surface area contributed by atoms with Crippen molar-refractivity contribution >= 4 is 11.8 Å². The molecular weight excluding hydrogens is 260 g/mol. The van der Waals surface area contributed by atoms with E-state index < -0.39 is 0 Å². The highest BCUT2D eigenvalue weighted by Gasteiger charge is 2.34. The zero-order chi connectivity index (χ0) is 14.1. The molecule has 1 aliphatic rings. The highest BCUT2D eigenvalue weighted by Crippen LogP contribution is 2.22. The fourth-order valence-electron chi connectivity index (χ4n) is 2.23. The molecule has 0 atom stereocenters. The van der Waals surface area contributed by atoms with Crippen LogP contribution in [0, 0.1) is 0 Å². The van der Waals surface area contributed by atoms with Crippen molar-refractivity contribution in [2.45, 2.75) is 13.2 Å². The molecule has 0 saturated carbocycles. The van der Waals surface area contributed by atoms with E-state index in [0.717, 1.165) is 0 Å². The summed E-state index contributed by atoms with van der Waals surface area (Å²) < 4.78 is 1.48. The summed E-state index contributed by atoms with van der Waals surface area (Å²) >= 11 is 0. The maximum absolute atomic E-state index is 12.1. The van der Waals surface area contributed by atoms with Crippen LogP contribution < -0.4 is 0 Å². The fraction of sp³-hybridized carbons (Fsp3) is 0.231. The monoisotopic (exact) mass is 272 g/mol. The van der Waals surface area contributed by atoms with Gasteiger partial charge >= 0.3 is 0 Å². The molecule has 20 heavy (non-hydrogen) atoms. The minimum Gasteiger partial charge on any atom is -0.390 e. The van der Waals surface area contributed by atoms with Gasteiger partial charge in [-0.1, -0.05) is 17.3 Å². The predicted octanol–water partition coefficient (Wildman–Crippen LogP) is 0.0666. The highest BCUT2D eigenvalue weighted by molar-refractivity contribution is 6.21. The average molecular weight is 272 g/mol. The van der Waals surface area contributed by atoms with Gasteiger partial charge in [0.15, 0.2) is 0 Å². The molecule has 1 N–H and O–H groups in total. The molecule has 0 bridgehead atoms. The Morgan fingerprint density at radius 1 is 1.05 bits per heavy atom. The number of aliphatic hydroxyl groups excluding tert-OH is 1. The summed E-state index contributed by atoms with van der Waals surface area (Å²) in [4.78, 5) is 25.5. The largest absolute Gasteiger partial charge is 0.390 e. The summed E-state index contributed by atoms with van der Waals surface area (Å²) in [6.07, 6.45) is 1.45. The van der Waals surface area contributed by atoms with Crippen molar-refractivity contribution in [3.63, 3.8) is 0 Å². The van der Waals surface area contributed by atoms with Gasteiger partial charge in [0, 0.05) is 6.54 Å². The van der Waals surface area contributed by atoms with Crippen LogP contribution in [0.15, 0.2) is 30.5 Å². The molecular formula is C13H12N4O3. The second-order valence-corrected chi connectivity index (χ2v) is 4.41. The Morgan fingerprint density at radius 3 is 2.30 bits per heavy atom. The molecule has 0 fully saturated rings. The summed E-state index contributed by atoms with van der Waals surface area (Å²) in [5.41, 5.74) is 1.40. The van der Waals surface area contributed by atoms with E-state index in [1.54, 1.807) is 24.3 Å². The lowest BCUT2D eigenvalue weighted by atomic mass is 10.1. The molecule has 1 aromatic carbocycles. The number of aromatic nitrogens is 3. The van der Waals surface area contributed by atoms with Crippen LogP contribution in [0.25, 0.3) is 0 Å². The number of carbonyl (C=O) groups excluding carboxylic acids is 2. The average Bonchev–Trinajstić information content (AvgIpc) is 3.02. The van der Waals surface area contributed by atoms with Crippen molar-refractivity contribution in [3.05, 3.63) is 47.3 Å². The van der Waals surface area contributed by atoms with Gasteiger partial charge in [-0.25, -0.2) is 4.68 Å². The van der Waals surface area contributed by atoms with E-state index in [-0.39, 0.29) is 25.0 Å². The van der Waals surface area contributed by atoms with E-state index in [1.165, 1.54) is 15.8 Å². The Kier molecular flexibility index (Phi) is 3.03. The third-order valence-electron chi connectivity index (χ3n) is 3.27. The summed E-state index contributed by atoms with van der Waals surface area (Å²) in [5, 5.41) is 16.6. The van der Waals surface area contributed by atoms with Crippen LogP contribution in [0.2, 0.25) is 0 Å². The van der Waals surface area contributed by atoms with Crippen molar-refractivity contribution in [2.75, 3.05) is 6.54 Å². The molecule has 0 aliphatic carbocycles. The van der Waals surface area contributed by atoms with Gasteiger partial charge in [-0.05, 0) is 12.1 Å². The third-order valence-corrected chi connectivity index (χ3v) is 3.27. The van der Waals surface area contributed by atoms with Crippen molar-refractivity contribution in [1.29, 1.82) is 0 Å². The lowest BCUT2D eigenvalue weighted by Gasteiger charge is -2.14. The first-order valence-corrected chi connectivity index (χ1v) is 6.16. The molecule has 102 valence electrons. The smallest absolute Gasteiger partial charge is 0.261 e. The topological polar surface area (TPSA) is 88.3 Å². The lowest BCUT2D eigenvalue weighted by Crippen LogP contribution is -2.33. The van der Waals surface area contributed by atoms with Crippen LogP contribution >= 0.6 is 0 Å². The van der Waals surface area contributed by atoms with E-state index in [2.05, 4.69) is 10.3 Å². The standard InChI is InChI=1S/C13H12N4O3/c18-8-9-7-14-15-17(9)6-5-16-12(19)10-3-1-2-4-11(10)13(16)20/h1-4,7,18H,5-6,8H2. The zero-order valence-corrected chi connectivity index (χ0v) is 10.6. The van der Waals surface area contributed by atoms with Crippen molar-refractivity contribution in [1.82, 2.24) is 19.9 Å². The molecule has 0 saturated heterocycles. The fourth-order valence-corrected chi connectivity index (χ4v) is 2.23. The van der Waals surface area contributed by atoms with E-state index in [4.69, 9.17) is 5.11 Å². The van der Waals surface area contributed by atoms with Crippen LogP contribution in [-0.4, -0.2) is 43.4 Å². The number of amides is 2. The minimum atomic E-state index is -0.295. The Hall–Kier alpha value is -2.54.